The molecule has 106 valence electrons. The van der Waals surface area contributed by atoms with Gasteiger partial charge in [0.1, 0.15) is 6.10 Å². The summed E-state index contributed by atoms with van der Waals surface area (Å²) < 4.78 is 11.0. The normalized spacial score (nSPS) is 24.3. The summed E-state index contributed by atoms with van der Waals surface area (Å²) in [4.78, 5) is 4.49. The zero-order valence-corrected chi connectivity index (χ0v) is 11.5. The van der Waals surface area contributed by atoms with Crippen LogP contribution in [-0.4, -0.2) is 17.3 Å². The van der Waals surface area contributed by atoms with Gasteiger partial charge >= 0.3 is 0 Å². The maximum Gasteiger partial charge on any atom is 0.243 e. The highest BCUT2D eigenvalue weighted by molar-refractivity contribution is 5.01. The maximum absolute atomic E-state index is 6.10. The summed E-state index contributed by atoms with van der Waals surface area (Å²) in [5.41, 5.74) is 6.10. The fourth-order valence-corrected chi connectivity index (χ4v) is 3.10. The van der Waals surface area contributed by atoms with E-state index in [4.69, 9.17) is 15.0 Å². The van der Waals surface area contributed by atoms with Crippen LogP contribution in [0.25, 0.3) is 0 Å². The molecule has 0 radical (unpaired) electrons. The molecule has 3 rings (SSSR count). The largest absolute Gasteiger partial charge is 0.373 e. The molecule has 0 aromatic carbocycles. The molecular weight excluding hydrogens is 242 g/mol. The second-order valence-corrected chi connectivity index (χ2v) is 5.91. The molecule has 1 aromatic heterocycles. The minimum Gasteiger partial charge on any atom is -0.373 e. The van der Waals surface area contributed by atoms with Crippen molar-refractivity contribution in [3.63, 3.8) is 0 Å². The average Bonchev–Trinajstić information content (AvgIpc) is 3.19. The number of hydrogen-bond acceptors (Lipinski definition) is 5. The van der Waals surface area contributed by atoms with E-state index in [0.717, 1.165) is 0 Å². The Morgan fingerprint density at radius 1 is 1.16 bits per heavy atom. The predicted octanol–water partition coefficient (Wildman–Crippen LogP) is 2.75. The Bertz CT molecular complexity index is 411. The lowest BCUT2D eigenvalue weighted by Gasteiger charge is -2.26. The molecule has 2 unspecified atom stereocenters. The van der Waals surface area contributed by atoms with Crippen molar-refractivity contribution in [2.24, 2.45) is 17.6 Å². The molecule has 2 N–H and O–H groups in total. The van der Waals surface area contributed by atoms with Gasteiger partial charge in [0, 0.05) is 7.11 Å². The van der Waals surface area contributed by atoms with Gasteiger partial charge in [0.05, 0.1) is 6.04 Å². The van der Waals surface area contributed by atoms with Gasteiger partial charge in [-0.3, -0.25) is 0 Å². The summed E-state index contributed by atoms with van der Waals surface area (Å²) in [5.74, 6) is 2.31. The van der Waals surface area contributed by atoms with E-state index in [1.807, 2.05) is 0 Å². The van der Waals surface area contributed by atoms with Gasteiger partial charge in [0.15, 0.2) is 0 Å². The first-order valence-electron chi connectivity index (χ1n) is 7.41. The van der Waals surface area contributed by atoms with Gasteiger partial charge in [0.25, 0.3) is 0 Å². The highest BCUT2D eigenvalue weighted by Crippen LogP contribution is 2.40. The van der Waals surface area contributed by atoms with Crippen LogP contribution in [0.2, 0.25) is 0 Å². The van der Waals surface area contributed by atoms with Crippen molar-refractivity contribution >= 4 is 0 Å². The summed E-state index contributed by atoms with van der Waals surface area (Å²) >= 11 is 0. The Kier molecular flexibility index (Phi) is 3.84. The first-order chi connectivity index (χ1) is 9.29. The van der Waals surface area contributed by atoms with Crippen molar-refractivity contribution in [3.05, 3.63) is 11.7 Å². The quantitative estimate of drug-likeness (QED) is 0.886. The Labute approximate surface area is 113 Å². The Morgan fingerprint density at radius 2 is 1.89 bits per heavy atom. The molecule has 0 amide bonds. The molecule has 5 nitrogen and oxygen atoms in total. The van der Waals surface area contributed by atoms with E-state index in [1.165, 1.54) is 44.9 Å². The molecule has 2 saturated carbocycles. The van der Waals surface area contributed by atoms with Gasteiger partial charge in [-0.25, -0.2) is 0 Å². The van der Waals surface area contributed by atoms with Gasteiger partial charge in [-0.2, -0.15) is 4.98 Å². The van der Waals surface area contributed by atoms with E-state index in [1.54, 1.807) is 7.11 Å². The Hall–Kier alpha value is -0.940. The number of ether oxygens (including phenoxy) is 1. The number of nitrogens with zero attached hydrogens (tertiary/aromatic N) is 2. The molecule has 2 aliphatic carbocycles. The van der Waals surface area contributed by atoms with Crippen LogP contribution in [0.3, 0.4) is 0 Å². The molecule has 5 heteroatoms. The van der Waals surface area contributed by atoms with Crippen molar-refractivity contribution in [2.45, 2.75) is 57.1 Å². The number of aromatic nitrogens is 2. The van der Waals surface area contributed by atoms with Gasteiger partial charge in [-0.1, -0.05) is 24.4 Å². The molecule has 2 aliphatic rings. The summed E-state index contributed by atoms with van der Waals surface area (Å²) in [5, 5.41) is 4.10. The third-order valence-electron chi connectivity index (χ3n) is 4.46. The Balaban J connectivity index is 1.71. The lowest BCUT2D eigenvalue weighted by atomic mass is 9.85. The molecule has 0 bridgehead atoms. The number of rotatable bonds is 5. The highest BCUT2D eigenvalue weighted by atomic mass is 16.5. The highest BCUT2D eigenvalue weighted by Gasteiger charge is 2.35. The molecule has 0 spiro atoms. The van der Waals surface area contributed by atoms with E-state index in [-0.39, 0.29) is 12.1 Å². The number of methoxy groups -OCH3 is 1. The van der Waals surface area contributed by atoms with Crippen LogP contribution in [0, 0.1) is 11.8 Å². The van der Waals surface area contributed by atoms with Crippen LogP contribution >= 0.6 is 0 Å². The minimum atomic E-state index is -0.0925. The van der Waals surface area contributed by atoms with Crippen LogP contribution in [0.15, 0.2) is 4.52 Å². The van der Waals surface area contributed by atoms with Crippen LogP contribution in [0.4, 0.5) is 0 Å². The van der Waals surface area contributed by atoms with E-state index in [2.05, 4.69) is 10.1 Å². The van der Waals surface area contributed by atoms with E-state index in [0.29, 0.717) is 23.6 Å². The lowest BCUT2D eigenvalue weighted by Crippen LogP contribution is -2.19. The average molecular weight is 265 g/mol. The first kappa shape index (κ1) is 13.1. The third-order valence-corrected chi connectivity index (χ3v) is 4.46. The maximum atomic E-state index is 6.10. The van der Waals surface area contributed by atoms with Crippen LogP contribution < -0.4 is 5.73 Å². The molecule has 1 heterocycles. The molecule has 1 aromatic rings. The van der Waals surface area contributed by atoms with Crippen LogP contribution in [-0.2, 0) is 4.74 Å². The molecule has 0 saturated heterocycles. The predicted molar refractivity (Wildman–Crippen MR) is 70.3 cm³/mol. The van der Waals surface area contributed by atoms with Gasteiger partial charge in [-0.15, -0.1) is 0 Å². The van der Waals surface area contributed by atoms with Crippen LogP contribution in [0.1, 0.15) is 68.8 Å². The van der Waals surface area contributed by atoms with Gasteiger partial charge in [0.2, 0.25) is 11.7 Å². The van der Waals surface area contributed by atoms with Gasteiger partial charge in [-0.05, 0) is 37.5 Å². The summed E-state index contributed by atoms with van der Waals surface area (Å²) in [6.45, 7) is 0. The SMILES string of the molecule is COC(c1noc(C(N)C2CC2)n1)C1CCCCC1. The van der Waals surface area contributed by atoms with Crippen molar-refractivity contribution in [1.82, 2.24) is 10.1 Å². The number of hydrogen-bond donors (Lipinski definition) is 1. The van der Waals surface area contributed by atoms with E-state index in [9.17, 15) is 0 Å². The molecular formula is C14H23N3O2. The monoisotopic (exact) mass is 265 g/mol. The Morgan fingerprint density at radius 3 is 2.53 bits per heavy atom. The van der Waals surface area contributed by atoms with E-state index >= 15 is 0 Å². The van der Waals surface area contributed by atoms with Crippen molar-refractivity contribution in [1.29, 1.82) is 0 Å². The summed E-state index contributed by atoms with van der Waals surface area (Å²) in [6, 6.07) is -0.0925. The smallest absolute Gasteiger partial charge is 0.243 e. The zero-order valence-electron chi connectivity index (χ0n) is 11.5. The summed E-state index contributed by atoms with van der Waals surface area (Å²) in [7, 11) is 1.73. The molecule has 2 fully saturated rings. The molecule has 2 atom stereocenters. The second-order valence-electron chi connectivity index (χ2n) is 5.91. The standard InChI is InChI=1S/C14H23N3O2/c1-18-12(10-5-3-2-4-6-10)13-16-14(19-17-13)11(15)9-7-8-9/h9-12H,2-8,15H2,1H3. The first-order valence-corrected chi connectivity index (χ1v) is 7.41. The minimum absolute atomic E-state index is 0.0378. The van der Waals surface area contributed by atoms with Crippen LogP contribution in [0.5, 0.6) is 0 Å². The second kappa shape index (κ2) is 5.59. The fraction of sp³-hybridized carbons (Fsp3) is 0.857. The van der Waals surface area contributed by atoms with Crippen molar-refractivity contribution < 1.29 is 9.26 Å². The van der Waals surface area contributed by atoms with Gasteiger partial charge < -0.3 is 15.0 Å². The van der Waals surface area contributed by atoms with Crippen molar-refractivity contribution in [3.8, 4) is 0 Å². The van der Waals surface area contributed by atoms with Crippen molar-refractivity contribution in [2.75, 3.05) is 7.11 Å². The molecule has 0 aliphatic heterocycles. The molecule has 19 heavy (non-hydrogen) atoms. The fourth-order valence-electron chi connectivity index (χ4n) is 3.10. The summed E-state index contributed by atoms with van der Waals surface area (Å²) in [6.07, 6.45) is 8.58. The topological polar surface area (TPSA) is 74.2 Å². The zero-order chi connectivity index (χ0) is 13.2. The number of nitrogens with two attached hydrogens (primary N) is 1. The lowest BCUT2D eigenvalue weighted by molar-refractivity contribution is 0.0273. The third kappa shape index (κ3) is 2.82. The van der Waals surface area contributed by atoms with E-state index < -0.39 is 0 Å².